The zero-order valence-corrected chi connectivity index (χ0v) is 22.2. The van der Waals surface area contributed by atoms with E-state index in [1.807, 2.05) is 31.2 Å². The maximum absolute atomic E-state index is 13.8. The van der Waals surface area contributed by atoms with Crippen LogP contribution in [0.25, 0.3) is 0 Å². The van der Waals surface area contributed by atoms with Crippen molar-refractivity contribution < 1.29 is 28.9 Å². The Hall–Kier alpha value is -3.74. The molecule has 38 heavy (non-hydrogen) atoms. The molecule has 0 radical (unpaired) electrons. The van der Waals surface area contributed by atoms with E-state index in [0.29, 0.717) is 46.7 Å². The fraction of sp³-hybridized carbons (Fsp3) is 0.419. The van der Waals surface area contributed by atoms with Crippen molar-refractivity contribution in [2.75, 3.05) is 14.2 Å². The molecule has 0 spiro atoms. The van der Waals surface area contributed by atoms with Crippen LogP contribution in [0.5, 0.6) is 17.2 Å². The van der Waals surface area contributed by atoms with Crippen molar-refractivity contribution in [2.45, 2.75) is 69.8 Å². The molecule has 200 valence electrons. The minimum Gasteiger partial charge on any atom is -0.508 e. The largest absolute Gasteiger partial charge is 0.508 e. The fourth-order valence-electron chi connectivity index (χ4n) is 6.09. The quantitative estimate of drug-likeness (QED) is 0.479. The van der Waals surface area contributed by atoms with Crippen molar-refractivity contribution in [1.82, 2.24) is 5.32 Å². The summed E-state index contributed by atoms with van der Waals surface area (Å²) < 4.78 is 16.8. The van der Waals surface area contributed by atoms with Crippen molar-refractivity contribution >= 4 is 11.8 Å². The van der Waals surface area contributed by atoms with Crippen molar-refractivity contribution in [3.63, 3.8) is 0 Å². The lowest BCUT2D eigenvalue weighted by molar-refractivity contribution is -0.146. The Bertz CT molecular complexity index is 1300. The van der Waals surface area contributed by atoms with Crippen LogP contribution in [0, 0.1) is 0 Å². The first-order chi connectivity index (χ1) is 18.4. The lowest BCUT2D eigenvalue weighted by Crippen LogP contribution is -2.37. The van der Waals surface area contributed by atoms with Gasteiger partial charge in [-0.3, -0.25) is 4.79 Å². The summed E-state index contributed by atoms with van der Waals surface area (Å²) in [6, 6.07) is 12.6. The van der Waals surface area contributed by atoms with Crippen LogP contribution >= 0.6 is 0 Å². The van der Waals surface area contributed by atoms with Crippen molar-refractivity contribution in [1.29, 1.82) is 0 Å². The minimum atomic E-state index is -0.603. The maximum Gasteiger partial charge on any atom is 0.337 e. The van der Waals surface area contributed by atoms with Crippen LogP contribution in [0.1, 0.15) is 74.8 Å². The lowest BCUT2D eigenvalue weighted by atomic mass is 9.71. The van der Waals surface area contributed by atoms with Gasteiger partial charge in [0.25, 0.3) is 0 Å². The number of ether oxygens (including phenoxy) is 3. The third-order valence-corrected chi connectivity index (χ3v) is 7.96. The molecule has 1 fully saturated rings. The number of esters is 1. The molecule has 0 saturated heterocycles. The van der Waals surface area contributed by atoms with E-state index in [0.717, 1.165) is 43.4 Å². The number of methoxy groups -OCH3 is 2. The number of hydrogen-bond donors (Lipinski definition) is 2. The number of hydrogen-bond acceptors (Lipinski definition) is 7. The van der Waals surface area contributed by atoms with Crippen LogP contribution in [-0.4, -0.2) is 37.2 Å². The number of aromatic hydroxyl groups is 1. The Morgan fingerprint density at radius 3 is 2.42 bits per heavy atom. The highest BCUT2D eigenvalue weighted by atomic mass is 16.5. The number of nitrogens with one attached hydrogen (secondary N) is 1. The summed E-state index contributed by atoms with van der Waals surface area (Å²) in [5.41, 5.74) is 4.19. The van der Waals surface area contributed by atoms with Crippen LogP contribution in [0.3, 0.4) is 0 Å². The standard InChI is InChI=1S/C31H35NO6/c1-18-28(31(35)38-23-10-5-4-6-11-23)29(20-8-7-9-22(33)14-20)30-24(32-18)15-21(16-25(30)34)19-12-13-26(36-2)27(17-19)37-3/h7-9,12-14,17,21,23,29,32-33H,4-6,10-11,15-16H2,1-3H3/t21-,29-/m0/s1. The SMILES string of the molecule is COc1ccc([C@@H]2CC(=O)C3=C(C2)NC(C)=C(C(=O)OC2CCCCC2)[C@@H]3c2cccc(O)c2)cc1OC. The highest BCUT2D eigenvalue weighted by molar-refractivity contribution is 6.04. The molecule has 0 aromatic heterocycles. The number of phenols is 1. The van der Waals surface area contributed by atoms with E-state index in [-0.39, 0.29) is 23.6 Å². The van der Waals surface area contributed by atoms with Gasteiger partial charge >= 0.3 is 5.97 Å². The molecule has 2 aliphatic carbocycles. The van der Waals surface area contributed by atoms with Crippen molar-refractivity contribution in [2.24, 2.45) is 0 Å². The average molecular weight is 518 g/mol. The van der Waals surface area contributed by atoms with Crippen LogP contribution in [-0.2, 0) is 14.3 Å². The van der Waals surface area contributed by atoms with Gasteiger partial charge in [-0.2, -0.15) is 0 Å². The Labute approximate surface area is 223 Å². The lowest BCUT2D eigenvalue weighted by Gasteiger charge is -2.37. The maximum atomic E-state index is 13.8. The molecule has 2 aromatic rings. The minimum absolute atomic E-state index is 0.0256. The van der Waals surface area contributed by atoms with Crippen LogP contribution < -0.4 is 14.8 Å². The fourth-order valence-corrected chi connectivity index (χ4v) is 6.09. The van der Waals surface area contributed by atoms with Gasteiger partial charge in [0.2, 0.25) is 0 Å². The van der Waals surface area contributed by atoms with Gasteiger partial charge in [-0.05, 0) is 80.3 Å². The van der Waals surface area contributed by atoms with E-state index in [1.54, 1.807) is 32.4 Å². The van der Waals surface area contributed by atoms with Gasteiger partial charge in [0.1, 0.15) is 11.9 Å². The van der Waals surface area contributed by atoms with E-state index in [9.17, 15) is 14.7 Å². The molecule has 1 aliphatic heterocycles. The molecule has 5 rings (SSSR count). The summed E-state index contributed by atoms with van der Waals surface area (Å²) in [4.78, 5) is 27.4. The normalized spacial score (nSPS) is 22.0. The molecule has 0 unspecified atom stereocenters. The molecular formula is C31H35NO6. The Balaban J connectivity index is 1.51. The first kappa shape index (κ1) is 25.9. The summed E-state index contributed by atoms with van der Waals surface area (Å²) in [7, 11) is 3.19. The molecule has 2 N–H and O–H groups in total. The molecular weight excluding hydrogens is 482 g/mol. The molecule has 2 atom stereocenters. The Morgan fingerprint density at radius 2 is 1.71 bits per heavy atom. The van der Waals surface area contributed by atoms with Crippen LogP contribution in [0.15, 0.2) is 65.0 Å². The van der Waals surface area contributed by atoms with E-state index in [2.05, 4.69) is 5.32 Å². The van der Waals surface area contributed by atoms with Gasteiger partial charge in [-0.1, -0.05) is 24.6 Å². The third kappa shape index (κ3) is 5.02. The van der Waals surface area contributed by atoms with E-state index in [4.69, 9.17) is 14.2 Å². The number of allylic oxidation sites excluding steroid dienone is 3. The Morgan fingerprint density at radius 1 is 0.947 bits per heavy atom. The number of dihydropyridines is 1. The number of phenolic OH excluding ortho intramolecular Hbond substituents is 1. The smallest absolute Gasteiger partial charge is 0.337 e. The Kier molecular flexibility index (Phi) is 7.45. The molecule has 3 aliphatic rings. The van der Waals surface area contributed by atoms with Gasteiger partial charge in [0.15, 0.2) is 17.3 Å². The second kappa shape index (κ2) is 10.9. The summed E-state index contributed by atoms with van der Waals surface area (Å²) in [5, 5.41) is 13.7. The summed E-state index contributed by atoms with van der Waals surface area (Å²) in [6.07, 6.45) is 5.79. The zero-order valence-electron chi connectivity index (χ0n) is 22.2. The molecule has 0 amide bonds. The molecule has 7 heteroatoms. The summed E-state index contributed by atoms with van der Waals surface area (Å²) in [6.45, 7) is 1.86. The van der Waals surface area contributed by atoms with Crippen LogP contribution in [0.4, 0.5) is 0 Å². The van der Waals surface area contributed by atoms with E-state index >= 15 is 0 Å². The third-order valence-electron chi connectivity index (χ3n) is 7.96. The summed E-state index contributed by atoms with van der Waals surface area (Å²) in [5.74, 6) is 0.273. The number of benzene rings is 2. The van der Waals surface area contributed by atoms with E-state index in [1.165, 1.54) is 0 Å². The topological polar surface area (TPSA) is 94.1 Å². The zero-order chi connectivity index (χ0) is 26.8. The first-order valence-corrected chi connectivity index (χ1v) is 13.4. The number of rotatable bonds is 6. The number of ketones is 1. The van der Waals surface area contributed by atoms with Crippen molar-refractivity contribution in [3.8, 4) is 17.2 Å². The van der Waals surface area contributed by atoms with Gasteiger partial charge in [0, 0.05) is 29.3 Å². The first-order valence-electron chi connectivity index (χ1n) is 13.4. The number of carbonyl (C=O) groups excluding carboxylic acids is 2. The van der Waals surface area contributed by atoms with Crippen molar-refractivity contribution in [3.05, 3.63) is 76.1 Å². The van der Waals surface area contributed by atoms with Gasteiger partial charge < -0.3 is 24.6 Å². The predicted molar refractivity (Wildman–Crippen MR) is 143 cm³/mol. The van der Waals surface area contributed by atoms with Gasteiger partial charge in [-0.25, -0.2) is 4.79 Å². The monoisotopic (exact) mass is 517 g/mol. The van der Waals surface area contributed by atoms with Gasteiger partial charge in [-0.15, -0.1) is 0 Å². The summed E-state index contributed by atoms with van der Waals surface area (Å²) >= 11 is 0. The highest BCUT2D eigenvalue weighted by Gasteiger charge is 2.42. The highest BCUT2D eigenvalue weighted by Crippen LogP contribution is 2.47. The molecule has 0 bridgehead atoms. The molecule has 1 saturated carbocycles. The predicted octanol–water partition coefficient (Wildman–Crippen LogP) is 5.65. The van der Waals surface area contributed by atoms with Crippen LogP contribution in [0.2, 0.25) is 0 Å². The van der Waals surface area contributed by atoms with E-state index < -0.39 is 11.9 Å². The molecule has 2 aromatic carbocycles. The second-order valence-electron chi connectivity index (χ2n) is 10.4. The average Bonchev–Trinajstić information content (AvgIpc) is 2.92. The number of Topliss-reactive ketones (excluding diaryl/α,β-unsaturated/α-hetero) is 1. The number of carbonyl (C=O) groups is 2. The van der Waals surface area contributed by atoms with Gasteiger partial charge in [0.05, 0.1) is 19.8 Å². The molecule has 7 nitrogen and oxygen atoms in total. The molecule has 1 heterocycles. The second-order valence-corrected chi connectivity index (χ2v) is 10.4.